The lowest BCUT2D eigenvalue weighted by atomic mass is 9.95. The van der Waals surface area contributed by atoms with Crippen LogP contribution in [0.1, 0.15) is 17.0 Å². The van der Waals surface area contributed by atoms with Crippen molar-refractivity contribution in [3.63, 3.8) is 0 Å². The summed E-state index contributed by atoms with van der Waals surface area (Å²) in [4.78, 5) is 6.78. The van der Waals surface area contributed by atoms with Crippen molar-refractivity contribution >= 4 is 9.84 Å². The third-order valence-corrected chi connectivity index (χ3v) is 8.03. The summed E-state index contributed by atoms with van der Waals surface area (Å²) in [5.41, 5.74) is 3.86. The maximum Gasteiger partial charge on any atom is 0.183 e. The largest absolute Gasteiger partial charge is 0.297 e. The van der Waals surface area contributed by atoms with Gasteiger partial charge < -0.3 is 0 Å². The Hall–Kier alpha value is -2.57. The molecular formula is C22H19FN2O2S. The highest BCUT2D eigenvalue weighted by molar-refractivity contribution is 7.92. The fourth-order valence-corrected chi connectivity index (χ4v) is 6.61. The van der Waals surface area contributed by atoms with E-state index in [0.29, 0.717) is 24.5 Å². The molecule has 2 aromatic carbocycles. The van der Waals surface area contributed by atoms with Crippen molar-refractivity contribution in [2.75, 3.05) is 13.1 Å². The molecule has 0 aliphatic carbocycles. The summed E-state index contributed by atoms with van der Waals surface area (Å²) in [6.45, 7) is 1.81. The van der Waals surface area contributed by atoms with E-state index in [1.807, 2.05) is 24.3 Å². The number of sulfone groups is 1. The van der Waals surface area contributed by atoms with Crippen LogP contribution in [-0.4, -0.2) is 36.6 Å². The van der Waals surface area contributed by atoms with Gasteiger partial charge in [0.25, 0.3) is 0 Å². The number of hydrogen-bond donors (Lipinski definition) is 0. The summed E-state index contributed by atoms with van der Waals surface area (Å²) in [6.07, 6.45) is 3.51. The van der Waals surface area contributed by atoms with Crippen LogP contribution in [0.25, 0.3) is 11.1 Å². The number of benzene rings is 2. The molecule has 3 aromatic rings. The van der Waals surface area contributed by atoms with Crippen LogP contribution in [0.4, 0.5) is 4.39 Å². The molecule has 2 atom stereocenters. The van der Waals surface area contributed by atoms with Crippen LogP contribution < -0.4 is 0 Å². The quantitative estimate of drug-likeness (QED) is 0.681. The molecule has 28 heavy (non-hydrogen) atoms. The number of fused-ring (bicyclic) bond motifs is 3. The minimum absolute atomic E-state index is 0.0305. The van der Waals surface area contributed by atoms with Crippen molar-refractivity contribution in [2.24, 2.45) is 0 Å². The average molecular weight is 394 g/mol. The molecule has 6 heteroatoms. The molecule has 0 radical (unpaired) electrons. The van der Waals surface area contributed by atoms with Crippen molar-refractivity contribution in [3.8, 4) is 11.1 Å². The van der Waals surface area contributed by atoms with E-state index < -0.39 is 15.1 Å². The van der Waals surface area contributed by atoms with Crippen molar-refractivity contribution in [1.29, 1.82) is 0 Å². The Kier molecular flexibility index (Phi) is 4.07. The second-order valence-electron chi connectivity index (χ2n) is 7.50. The van der Waals surface area contributed by atoms with Crippen LogP contribution >= 0.6 is 0 Å². The van der Waals surface area contributed by atoms with Crippen molar-refractivity contribution < 1.29 is 12.8 Å². The minimum atomic E-state index is -3.33. The Labute approximate surface area is 163 Å². The van der Waals surface area contributed by atoms with Gasteiger partial charge in [-0.25, -0.2) is 12.8 Å². The predicted octanol–water partition coefficient (Wildman–Crippen LogP) is 3.64. The van der Waals surface area contributed by atoms with E-state index in [0.717, 1.165) is 22.3 Å². The molecule has 0 bridgehead atoms. The molecule has 0 spiro atoms. The first-order valence-electron chi connectivity index (χ1n) is 9.27. The SMILES string of the molecule is O=S1(=O)c2ccc(-c3cccnc3)cc2[C@H]2CN(Cc3ccc(F)cc3)C[C@@H]21. The molecule has 0 N–H and O–H groups in total. The second kappa shape index (κ2) is 6.50. The highest BCUT2D eigenvalue weighted by atomic mass is 32.2. The molecule has 0 amide bonds. The first-order chi connectivity index (χ1) is 13.5. The highest BCUT2D eigenvalue weighted by Gasteiger charge is 2.50. The lowest BCUT2D eigenvalue weighted by molar-refractivity contribution is 0.325. The summed E-state index contributed by atoms with van der Waals surface area (Å²) >= 11 is 0. The number of pyridine rings is 1. The van der Waals surface area contributed by atoms with Crippen molar-refractivity contribution in [1.82, 2.24) is 9.88 Å². The highest BCUT2D eigenvalue weighted by Crippen LogP contribution is 2.46. The van der Waals surface area contributed by atoms with E-state index in [1.54, 1.807) is 30.6 Å². The molecule has 3 heterocycles. The predicted molar refractivity (Wildman–Crippen MR) is 105 cm³/mol. The number of rotatable bonds is 3. The molecule has 5 rings (SSSR count). The van der Waals surface area contributed by atoms with Gasteiger partial charge in [0, 0.05) is 37.9 Å². The first-order valence-corrected chi connectivity index (χ1v) is 10.8. The van der Waals surface area contributed by atoms with E-state index >= 15 is 0 Å². The maximum atomic E-state index is 13.1. The molecule has 2 aliphatic heterocycles. The fraction of sp³-hybridized carbons (Fsp3) is 0.227. The van der Waals surface area contributed by atoms with Gasteiger partial charge in [0.2, 0.25) is 0 Å². The number of aromatic nitrogens is 1. The van der Waals surface area contributed by atoms with Crippen LogP contribution in [0.5, 0.6) is 0 Å². The van der Waals surface area contributed by atoms with Gasteiger partial charge in [0.15, 0.2) is 9.84 Å². The van der Waals surface area contributed by atoms with Crippen molar-refractivity contribution in [3.05, 3.63) is 83.9 Å². The van der Waals surface area contributed by atoms with E-state index in [2.05, 4.69) is 9.88 Å². The van der Waals surface area contributed by atoms with E-state index in [9.17, 15) is 12.8 Å². The van der Waals surface area contributed by atoms with Crippen LogP contribution in [0.15, 0.2) is 71.9 Å². The Morgan fingerprint density at radius 3 is 2.61 bits per heavy atom. The third kappa shape index (κ3) is 2.84. The van der Waals surface area contributed by atoms with Gasteiger partial charge in [0.05, 0.1) is 10.1 Å². The minimum Gasteiger partial charge on any atom is -0.297 e. The number of nitrogens with zero attached hydrogens (tertiary/aromatic N) is 2. The molecule has 1 fully saturated rings. The second-order valence-corrected chi connectivity index (χ2v) is 9.64. The topological polar surface area (TPSA) is 50.3 Å². The van der Waals surface area contributed by atoms with Crippen molar-refractivity contribution in [2.45, 2.75) is 22.6 Å². The smallest absolute Gasteiger partial charge is 0.183 e. The van der Waals surface area contributed by atoms with Crippen LogP contribution in [0.2, 0.25) is 0 Å². The number of hydrogen-bond acceptors (Lipinski definition) is 4. The molecule has 4 nitrogen and oxygen atoms in total. The Bertz CT molecular complexity index is 1130. The third-order valence-electron chi connectivity index (χ3n) is 5.77. The summed E-state index contributed by atoms with van der Waals surface area (Å²) < 4.78 is 39.3. The zero-order valence-corrected chi connectivity index (χ0v) is 15.9. The van der Waals surface area contributed by atoms with Gasteiger partial charge in [-0.05, 0) is 52.6 Å². The van der Waals surface area contributed by atoms with Crippen LogP contribution in [0, 0.1) is 5.82 Å². The summed E-state index contributed by atoms with van der Waals surface area (Å²) in [7, 11) is -3.33. The van der Waals surface area contributed by atoms with Crippen LogP contribution in [0.3, 0.4) is 0 Å². The molecule has 1 aromatic heterocycles. The normalized spacial score (nSPS) is 22.8. The lowest BCUT2D eigenvalue weighted by Crippen LogP contribution is -2.25. The van der Waals surface area contributed by atoms with E-state index in [1.165, 1.54) is 12.1 Å². The molecule has 142 valence electrons. The molecule has 2 aliphatic rings. The Morgan fingerprint density at radius 2 is 1.86 bits per heavy atom. The van der Waals surface area contributed by atoms with Gasteiger partial charge in [-0.1, -0.05) is 24.3 Å². The van der Waals surface area contributed by atoms with E-state index in [4.69, 9.17) is 0 Å². The van der Waals surface area contributed by atoms with Gasteiger partial charge in [-0.15, -0.1) is 0 Å². The van der Waals surface area contributed by atoms with Gasteiger partial charge in [0.1, 0.15) is 5.82 Å². The Morgan fingerprint density at radius 1 is 1.04 bits per heavy atom. The monoisotopic (exact) mass is 394 g/mol. The van der Waals surface area contributed by atoms with Gasteiger partial charge >= 0.3 is 0 Å². The first kappa shape index (κ1) is 17.5. The van der Waals surface area contributed by atoms with E-state index in [-0.39, 0.29) is 11.7 Å². The molecular weight excluding hydrogens is 375 g/mol. The average Bonchev–Trinajstić information content (AvgIpc) is 3.22. The Balaban J connectivity index is 1.46. The standard InChI is InChI=1S/C22H19FN2O2S/c23-18-6-3-15(4-7-18)12-25-13-20-19-10-16(17-2-1-9-24-11-17)5-8-21(19)28(26,27)22(20)14-25/h1-11,20,22H,12-14H2/t20-,22+/m1/s1. The molecule has 1 saturated heterocycles. The fourth-order valence-electron chi connectivity index (χ4n) is 4.42. The van der Waals surface area contributed by atoms with Crippen LogP contribution in [-0.2, 0) is 16.4 Å². The zero-order valence-electron chi connectivity index (χ0n) is 15.1. The maximum absolute atomic E-state index is 13.1. The van der Waals surface area contributed by atoms with Gasteiger partial charge in [-0.3, -0.25) is 9.88 Å². The summed E-state index contributed by atoms with van der Waals surface area (Å²) in [6, 6.07) is 15.9. The number of halogens is 1. The summed E-state index contributed by atoms with van der Waals surface area (Å²) in [5.74, 6) is -0.293. The van der Waals surface area contributed by atoms with Gasteiger partial charge in [-0.2, -0.15) is 0 Å². The molecule has 0 saturated carbocycles. The summed E-state index contributed by atoms with van der Waals surface area (Å²) in [5, 5.41) is -0.410. The number of likely N-dealkylation sites (tertiary alicyclic amines) is 1. The molecule has 0 unspecified atom stereocenters. The zero-order chi connectivity index (χ0) is 19.3. The lowest BCUT2D eigenvalue weighted by Gasteiger charge is -2.17.